The van der Waals surface area contributed by atoms with Crippen molar-refractivity contribution in [1.82, 2.24) is 0 Å². The summed E-state index contributed by atoms with van der Waals surface area (Å²) in [6.45, 7) is 1.92. The topological polar surface area (TPSA) is 39.2 Å². The van der Waals surface area contributed by atoms with Gasteiger partial charge in [0, 0.05) is 10.3 Å². The van der Waals surface area contributed by atoms with Gasteiger partial charge in [0.15, 0.2) is 0 Å². The van der Waals surface area contributed by atoms with Crippen LogP contribution in [0.3, 0.4) is 0 Å². The number of benzene rings is 1. The van der Waals surface area contributed by atoms with E-state index >= 15 is 0 Å². The summed E-state index contributed by atoms with van der Waals surface area (Å²) < 4.78 is 5.63. The van der Waals surface area contributed by atoms with E-state index in [0.29, 0.717) is 0 Å². The van der Waals surface area contributed by atoms with Crippen LogP contribution in [0.5, 0.6) is 0 Å². The molecule has 2 N–H and O–H groups in total. The Hall–Kier alpha value is -0.930. The molecule has 0 radical (unpaired) electrons. The average Bonchev–Trinajstić information content (AvgIpc) is 2.59. The van der Waals surface area contributed by atoms with Crippen molar-refractivity contribution < 1.29 is 4.42 Å². The first-order valence-electron chi connectivity index (χ1n) is 4.54. The number of nitrogens with two attached hydrogens (primary N) is 1. The van der Waals surface area contributed by atoms with Gasteiger partial charge in [0.2, 0.25) is 0 Å². The van der Waals surface area contributed by atoms with Gasteiger partial charge in [0.05, 0.1) is 6.04 Å². The fourth-order valence-corrected chi connectivity index (χ4v) is 1.81. The van der Waals surface area contributed by atoms with E-state index in [9.17, 15) is 0 Å². The van der Waals surface area contributed by atoms with E-state index < -0.39 is 0 Å². The Labute approximate surface area is 87.5 Å². The Bertz CT molecular complexity index is 447. The second kappa shape index (κ2) is 3.67. The third-order valence-corrected chi connectivity index (χ3v) is 2.92. The lowest BCUT2D eigenvalue weighted by Gasteiger charge is -1.97. The zero-order valence-electron chi connectivity index (χ0n) is 8.28. The molecular weight excluding hydrogens is 194 g/mol. The Morgan fingerprint density at radius 3 is 2.79 bits per heavy atom. The van der Waals surface area contributed by atoms with Crippen molar-refractivity contribution in [3.63, 3.8) is 0 Å². The summed E-state index contributed by atoms with van der Waals surface area (Å²) >= 11 is 1.71. The molecule has 2 rings (SSSR count). The molecule has 3 heteroatoms. The maximum atomic E-state index is 5.75. The number of fused-ring (bicyclic) bond motifs is 1. The van der Waals surface area contributed by atoms with Gasteiger partial charge in [-0.2, -0.15) is 0 Å². The second-order valence-corrected chi connectivity index (χ2v) is 4.22. The Balaban J connectivity index is 2.54. The SMILES string of the molecule is CSc1ccc2cc(C(C)N)oc2c1. The van der Waals surface area contributed by atoms with Crippen LogP contribution in [-0.4, -0.2) is 6.26 Å². The lowest BCUT2D eigenvalue weighted by molar-refractivity contribution is 0.512. The van der Waals surface area contributed by atoms with Crippen molar-refractivity contribution in [2.45, 2.75) is 17.9 Å². The Morgan fingerprint density at radius 1 is 1.36 bits per heavy atom. The molecule has 0 aliphatic carbocycles. The number of hydrogen-bond acceptors (Lipinski definition) is 3. The molecule has 74 valence electrons. The van der Waals surface area contributed by atoms with Gasteiger partial charge in [0.1, 0.15) is 11.3 Å². The molecule has 0 aliphatic rings. The molecular formula is C11H13NOS. The molecule has 2 nitrogen and oxygen atoms in total. The van der Waals surface area contributed by atoms with Crippen LogP contribution in [-0.2, 0) is 0 Å². The van der Waals surface area contributed by atoms with Crippen LogP contribution in [0.2, 0.25) is 0 Å². The highest BCUT2D eigenvalue weighted by atomic mass is 32.2. The minimum atomic E-state index is -0.0415. The zero-order valence-corrected chi connectivity index (χ0v) is 9.10. The summed E-state index contributed by atoms with van der Waals surface area (Å²) in [7, 11) is 0. The van der Waals surface area contributed by atoms with Crippen molar-refractivity contribution >= 4 is 22.7 Å². The smallest absolute Gasteiger partial charge is 0.135 e. The lowest BCUT2D eigenvalue weighted by Crippen LogP contribution is -2.02. The van der Waals surface area contributed by atoms with Gasteiger partial charge >= 0.3 is 0 Å². The molecule has 0 spiro atoms. The molecule has 0 saturated carbocycles. The molecule has 0 bridgehead atoms. The van der Waals surface area contributed by atoms with Crippen LogP contribution in [0, 0.1) is 0 Å². The molecule has 0 amide bonds. The molecule has 0 saturated heterocycles. The van der Waals surface area contributed by atoms with Crippen LogP contribution >= 0.6 is 11.8 Å². The molecule has 0 aliphatic heterocycles. The molecule has 14 heavy (non-hydrogen) atoms. The highest BCUT2D eigenvalue weighted by Gasteiger charge is 2.07. The van der Waals surface area contributed by atoms with Crippen molar-refractivity contribution in [3.8, 4) is 0 Å². The normalized spacial score (nSPS) is 13.4. The molecule has 2 aromatic rings. The monoisotopic (exact) mass is 207 g/mol. The van der Waals surface area contributed by atoms with Gasteiger partial charge in [-0.15, -0.1) is 11.8 Å². The van der Waals surface area contributed by atoms with Crippen LogP contribution in [0.4, 0.5) is 0 Å². The first kappa shape index (κ1) is 9.62. The summed E-state index contributed by atoms with van der Waals surface area (Å²) in [5, 5.41) is 1.12. The maximum absolute atomic E-state index is 5.75. The van der Waals surface area contributed by atoms with Crippen LogP contribution in [0.15, 0.2) is 33.6 Å². The van der Waals surface area contributed by atoms with E-state index in [1.807, 2.05) is 19.1 Å². The largest absolute Gasteiger partial charge is 0.459 e. The molecule has 1 aromatic heterocycles. The second-order valence-electron chi connectivity index (χ2n) is 3.34. The van der Waals surface area contributed by atoms with E-state index in [1.54, 1.807) is 11.8 Å². The van der Waals surface area contributed by atoms with E-state index in [1.165, 1.54) is 4.90 Å². The van der Waals surface area contributed by atoms with Crippen LogP contribution in [0.1, 0.15) is 18.7 Å². The van der Waals surface area contributed by atoms with Crippen LogP contribution in [0.25, 0.3) is 11.0 Å². The third-order valence-electron chi connectivity index (χ3n) is 2.20. The van der Waals surface area contributed by atoms with Crippen molar-refractivity contribution in [2.75, 3.05) is 6.26 Å². The molecule has 0 fully saturated rings. The van der Waals surface area contributed by atoms with E-state index in [-0.39, 0.29) is 6.04 Å². The summed E-state index contributed by atoms with van der Waals surface area (Å²) in [5.41, 5.74) is 6.67. The first-order chi connectivity index (χ1) is 6.70. The molecule has 1 aromatic carbocycles. The summed E-state index contributed by atoms with van der Waals surface area (Å²) in [5.74, 6) is 0.846. The van der Waals surface area contributed by atoms with E-state index in [4.69, 9.17) is 10.2 Å². The molecule has 1 atom stereocenters. The fraction of sp³-hybridized carbons (Fsp3) is 0.273. The predicted octanol–water partition coefficient (Wildman–Crippen LogP) is 3.17. The quantitative estimate of drug-likeness (QED) is 0.769. The van der Waals surface area contributed by atoms with E-state index in [0.717, 1.165) is 16.7 Å². The number of furan rings is 1. The standard InChI is InChI=1S/C11H13NOS/c1-7(12)10-5-8-3-4-9(14-2)6-11(8)13-10/h3-7H,12H2,1-2H3. The zero-order chi connectivity index (χ0) is 10.1. The molecule has 1 unspecified atom stereocenters. The third kappa shape index (κ3) is 1.65. The van der Waals surface area contributed by atoms with Gasteiger partial charge < -0.3 is 10.2 Å². The number of rotatable bonds is 2. The van der Waals surface area contributed by atoms with Gasteiger partial charge in [-0.05, 0) is 37.4 Å². The van der Waals surface area contributed by atoms with Crippen molar-refractivity contribution in [2.24, 2.45) is 5.73 Å². The summed E-state index contributed by atoms with van der Waals surface area (Å²) in [4.78, 5) is 1.21. The number of hydrogen-bond donors (Lipinski definition) is 1. The highest BCUT2D eigenvalue weighted by Crippen LogP contribution is 2.26. The number of thioether (sulfide) groups is 1. The summed E-state index contributed by atoms with van der Waals surface area (Å²) in [6.07, 6.45) is 2.05. The van der Waals surface area contributed by atoms with Gasteiger partial charge in [0.25, 0.3) is 0 Å². The average molecular weight is 207 g/mol. The van der Waals surface area contributed by atoms with Crippen molar-refractivity contribution in [3.05, 3.63) is 30.0 Å². The van der Waals surface area contributed by atoms with Crippen molar-refractivity contribution in [1.29, 1.82) is 0 Å². The summed E-state index contributed by atoms with van der Waals surface area (Å²) in [6, 6.07) is 8.17. The minimum Gasteiger partial charge on any atom is -0.459 e. The minimum absolute atomic E-state index is 0.0415. The Kier molecular flexibility index (Phi) is 2.52. The van der Waals surface area contributed by atoms with E-state index in [2.05, 4.69) is 18.4 Å². The van der Waals surface area contributed by atoms with Gasteiger partial charge in [-0.3, -0.25) is 0 Å². The fourth-order valence-electron chi connectivity index (χ4n) is 1.38. The first-order valence-corrected chi connectivity index (χ1v) is 5.76. The van der Waals surface area contributed by atoms with Crippen LogP contribution < -0.4 is 5.73 Å². The van der Waals surface area contributed by atoms with Gasteiger partial charge in [-0.25, -0.2) is 0 Å². The maximum Gasteiger partial charge on any atom is 0.135 e. The predicted molar refractivity (Wildman–Crippen MR) is 60.6 cm³/mol. The highest BCUT2D eigenvalue weighted by molar-refractivity contribution is 7.98. The lowest BCUT2D eigenvalue weighted by atomic mass is 10.2. The molecule has 1 heterocycles. The Morgan fingerprint density at radius 2 is 2.14 bits per heavy atom. The van der Waals surface area contributed by atoms with Gasteiger partial charge in [-0.1, -0.05) is 0 Å².